The molecule has 2 heterocycles. The largest absolute Gasteiger partial charge is 0.383 e. The second kappa shape index (κ2) is 8.45. The van der Waals surface area contributed by atoms with Crippen LogP contribution in [0.3, 0.4) is 0 Å². The van der Waals surface area contributed by atoms with Crippen LogP contribution in [-0.2, 0) is 28.9 Å². The van der Waals surface area contributed by atoms with Gasteiger partial charge in [0.05, 0.1) is 18.8 Å². The van der Waals surface area contributed by atoms with Crippen molar-refractivity contribution in [2.24, 2.45) is 0 Å². The van der Waals surface area contributed by atoms with Crippen LogP contribution in [0.5, 0.6) is 0 Å². The number of nitrogens with one attached hydrogen (secondary N) is 1. The molecular formula is C17H19ClFN5O3. The molecule has 144 valence electrons. The maximum atomic E-state index is 13.9. The normalized spacial score (nSPS) is 16.9. The molecule has 0 bridgehead atoms. The number of hydrogen-bond donors (Lipinski definition) is 1. The number of carbonyl (C=O) groups is 2. The third-order valence-electron chi connectivity index (χ3n) is 4.28. The van der Waals surface area contributed by atoms with Crippen LogP contribution in [0.1, 0.15) is 11.3 Å². The minimum absolute atomic E-state index is 0.0440. The van der Waals surface area contributed by atoms with E-state index in [-0.39, 0.29) is 35.9 Å². The molecule has 1 aromatic heterocycles. The minimum Gasteiger partial charge on any atom is -0.383 e. The van der Waals surface area contributed by atoms with Gasteiger partial charge >= 0.3 is 6.03 Å². The number of hydrogen-bond acceptors (Lipinski definition) is 5. The predicted molar refractivity (Wildman–Crippen MR) is 94.7 cm³/mol. The van der Waals surface area contributed by atoms with Crippen molar-refractivity contribution < 1.29 is 18.7 Å². The molecule has 1 fully saturated rings. The Kier molecular flexibility index (Phi) is 6.02. The quantitative estimate of drug-likeness (QED) is 0.683. The number of carbonyl (C=O) groups excluding carboxylic acids is 2. The van der Waals surface area contributed by atoms with Gasteiger partial charge in [0.1, 0.15) is 11.9 Å². The van der Waals surface area contributed by atoms with Gasteiger partial charge in [-0.05, 0) is 18.6 Å². The van der Waals surface area contributed by atoms with E-state index in [1.165, 1.54) is 12.1 Å². The molecule has 10 heteroatoms. The number of ether oxygens (including phenoxy) is 1. The Morgan fingerprint density at radius 1 is 1.33 bits per heavy atom. The highest BCUT2D eigenvalue weighted by Crippen LogP contribution is 2.20. The first kappa shape index (κ1) is 19.2. The third kappa shape index (κ3) is 4.42. The van der Waals surface area contributed by atoms with E-state index in [1.54, 1.807) is 24.1 Å². The summed E-state index contributed by atoms with van der Waals surface area (Å²) in [7, 11) is 1.59. The first-order valence-corrected chi connectivity index (χ1v) is 8.80. The maximum Gasteiger partial charge on any atom is 0.324 e. The van der Waals surface area contributed by atoms with Crippen molar-refractivity contribution in [1.82, 2.24) is 25.2 Å². The second-order valence-corrected chi connectivity index (χ2v) is 6.52. The van der Waals surface area contributed by atoms with Crippen LogP contribution in [0.15, 0.2) is 24.4 Å². The molecule has 1 saturated heterocycles. The Labute approximate surface area is 160 Å². The summed E-state index contributed by atoms with van der Waals surface area (Å²) in [6, 6.07) is 3.14. The minimum atomic E-state index is -0.721. The van der Waals surface area contributed by atoms with Gasteiger partial charge in [0, 0.05) is 36.9 Å². The highest BCUT2D eigenvalue weighted by Gasteiger charge is 2.38. The van der Waals surface area contributed by atoms with E-state index in [9.17, 15) is 14.0 Å². The summed E-state index contributed by atoms with van der Waals surface area (Å²) in [6.45, 7) is 1.08. The molecule has 0 aliphatic carbocycles. The van der Waals surface area contributed by atoms with Crippen molar-refractivity contribution in [3.05, 3.63) is 46.5 Å². The number of nitrogens with zero attached hydrogens (tertiary/aromatic N) is 4. The third-order valence-corrected chi connectivity index (χ3v) is 4.63. The first-order valence-electron chi connectivity index (χ1n) is 8.42. The van der Waals surface area contributed by atoms with E-state index in [4.69, 9.17) is 16.3 Å². The molecule has 0 spiro atoms. The molecule has 3 amide bonds. The van der Waals surface area contributed by atoms with Crippen molar-refractivity contribution in [1.29, 1.82) is 0 Å². The molecule has 1 aliphatic rings. The lowest BCUT2D eigenvalue weighted by Crippen LogP contribution is -2.34. The summed E-state index contributed by atoms with van der Waals surface area (Å²) in [5, 5.41) is 10.8. The van der Waals surface area contributed by atoms with Gasteiger partial charge in [-0.1, -0.05) is 22.9 Å². The van der Waals surface area contributed by atoms with Gasteiger partial charge in [0.25, 0.3) is 5.91 Å². The summed E-state index contributed by atoms with van der Waals surface area (Å²) < 4.78 is 20.4. The Balaban J connectivity index is 1.60. The van der Waals surface area contributed by atoms with E-state index >= 15 is 0 Å². The fourth-order valence-electron chi connectivity index (χ4n) is 2.86. The molecule has 0 radical (unpaired) electrons. The van der Waals surface area contributed by atoms with E-state index in [0.29, 0.717) is 18.8 Å². The molecular weight excluding hydrogens is 377 g/mol. The monoisotopic (exact) mass is 395 g/mol. The number of methoxy groups -OCH3 is 1. The van der Waals surface area contributed by atoms with Crippen LogP contribution in [0.4, 0.5) is 9.18 Å². The molecule has 27 heavy (non-hydrogen) atoms. The van der Waals surface area contributed by atoms with Crippen molar-refractivity contribution >= 4 is 23.5 Å². The van der Waals surface area contributed by atoms with Crippen molar-refractivity contribution in [3.8, 4) is 0 Å². The van der Waals surface area contributed by atoms with E-state index in [0.717, 1.165) is 4.90 Å². The lowest BCUT2D eigenvalue weighted by Gasteiger charge is -2.13. The summed E-state index contributed by atoms with van der Waals surface area (Å²) in [6.07, 6.45) is 2.08. The molecule has 1 aliphatic heterocycles. The summed E-state index contributed by atoms with van der Waals surface area (Å²) in [5.74, 6) is -0.835. The van der Waals surface area contributed by atoms with Crippen molar-refractivity contribution in [2.45, 2.75) is 25.4 Å². The summed E-state index contributed by atoms with van der Waals surface area (Å²) >= 11 is 5.99. The van der Waals surface area contributed by atoms with E-state index in [1.807, 2.05) is 0 Å². The molecule has 1 aromatic carbocycles. The second-order valence-electron chi connectivity index (χ2n) is 6.11. The van der Waals surface area contributed by atoms with Gasteiger partial charge in [-0.15, -0.1) is 5.10 Å². The highest BCUT2D eigenvalue weighted by molar-refractivity contribution is 6.31. The number of amides is 3. The van der Waals surface area contributed by atoms with Crippen molar-refractivity contribution in [2.75, 3.05) is 20.3 Å². The SMILES string of the molecule is COCCn1cc(CC2NC(=O)N(CCc3c(F)cccc3Cl)C2=O)nn1. The average molecular weight is 396 g/mol. The predicted octanol–water partition coefficient (Wildman–Crippen LogP) is 1.42. The number of benzene rings is 1. The Morgan fingerprint density at radius 3 is 2.89 bits per heavy atom. The molecule has 2 aromatic rings. The smallest absolute Gasteiger partial charge is 0.324 e. The lowest BCUT2D eigenvalue weighted by atomic mass is 10.1. The van der Waals surface area contributed by atoms with Gasteiger partial charge in [-0.25, -0.2) is 13.9 Å². The average Bonchev–Trinajstić information content (AvgIpc) is 3.18. The summed E-state index contributed by atoms with van der Waals surface area (Å²) in [5.41, 5.74) is 0.869. The van der Waals surface area contributed by atoms with Crippen LogP contribution in [0.2, 0.25) is 5.02 Å². The number of imide groups is 1. The van der Waals surface area contributed by atoms with Gasteiger partial charge in [-0.3, -0.25) is 9.69 Å². The number of urea groups is 1. The zero-order valence-electron chi connectivity index (χ0n) is 14.7. The van der Waals surface area contributed by atoms with Crippen LogP contribution < -0.4 is 5.32 Å². The van der Waals surface area contributed by atoms with Crippen molar-refractivity contribution in [3.63, 3.8) is 0 Å². The zero-order valence-corrected chi connectivity index (χ0v) is 15.4. The molecule has 8 nitrogen and oxygen atoms in total. The highest BCUT2D eigenvalue weighted by atomic mass is 35.5. The van der Waals surface area contributed by atoms with Crippen LogP contribution >= 0.6 is 11.6 Å². The lowest BCUT2D eigenvalue weighted by molar-refractivity contribution is -0.127. The number of rotatable bonds is 8. The Hall–Kier alpha value is -2.52. The fraction of sp³-hybridized carbons (Fsp3) is 0.412. The van der Waals surface area contributed by atoms with Gasteiger partial charge in [0.15, 0.2) is 0 Å². The number of halogens is 2. The van der Waals surface area contributed by atoms with Gasteiger partial charge in [-0.2, -0.15) is 0 Å². The fourth-order valence-corrected chi connectivity index (χ4v) is 3.11. The van der Waals surface area contributed by atoms with E-state index < -0.39 is 17.9 Å². The first-order chi connectivity index (χ1) is 13.0. The maximum absolute atomic E-state index is 13.9. The topological polar surface area (TPSA) is 89.4 Å². The molecule has 1 unspecified atom stereocenters. The molecule has 0 saturated carbocycles. The number of aromatic nitrogens is 3. The van der Waals surface area contributed by atoms with Gasteiger partial charge < -0.3 is 10.1 Å². The van der Waals surface area contributed by atoms with Gasteiger partial charge in [0.2, 0.25) is 0 Å². The Morgan fingerprint density at radius 2 is 2.15 bits per heavy atom. The Bertz CT molecular complexity index is 823. The molecule has 1 N–H and O–H groups in total. The van der Waals surface area contributed by atoms with Crippen LogP contribution in [0.25, 0.3) is 0 Å². The molecule has 1 atom stereocenters. The van der Waals surface area contributed by atoms with Crippen LogP contribution in [-0.4, -0.2) is 58.1 Å². The molecule has 3 rings (SSSR count). The zero-order chi connectivity index (χ0) is 19.4. The van der Waals surface area contributed by atoms with E-state index in [2.05, 4.69) is 15.6 Å². The summed E-state index contributed by atoms with van der Waals surface area (Å²) in [4.78, 5) is 25.7. The standard InChI is InChI=1S/C17H19ClFN5O3/c1-27-8-7-23-10-11(21-22-23)9-15-16(25)24(17(26)20-15)6-5-12-13(18)3-2-4-14(12)19/h2-4,10,15H,5-9H2,1H3,(H,20,26). The van der Waals surface area contributed by atoms with Crippen LogP contribution in [0, 0.1) is 5.82 Å².